The third kappa shape index (κ3) is 2.51. The number of para-hydroxylation sites is 1. The minimum Gasteiger partial charge on any atom is -0.374 e. The van der Waals surface area contributed by atoms with Crippen molar-refractivity contribution in [1.29, 1.82) is 0 Å². The van der Waals surface area contributed by atoms with E-state index >= 15 is 0 Å². The molecule has 1 N–H and O–H groups in total. The summed E-state index contributed by atoms with van der Waals surface area (Å²) < 4.78 is 0. The molecule has 82 valence electrons. The molecule has 2 nitrogen and oxygen atoms in total. The zero-order valence-corrected chi connectivity index (χ0v) is 9.66. The van der Waals surface area contributed by atoms with Gasteiger partial charge >= 0.3 is 0 Å². The first-order chi connectivity index (χ1) is 7.26. The third-order valence-electron chi connectivity index (χ3n) is 3.28. The molecule has 0 saturated heterocycles. The van der Waals surface area contributed by atoms with Crippen molar-refractivity contribution in [3.8, 4) is 0 Å². The maximum absolute atomic E-state index is 3.30. The Labute approximate surface area is 92.3 Å². The van der Waals surface area contributed by atoms with E-state index in [2.05, 4.69) is 47.6 Å². The van der Waals surface area contributed by atoms with Gasteiger partial charge in [-0.05, 0) is 32.0 Å². The topological polar surface area (TPSA) is 15.3 Å². The lowest BCUT2D eigenvalue weighted by atomic mass is 10.1. The van der Waals surface area contributed by atoms with Gasteiger partial charge in [0.2, 0.25) is 0 Å². The number of nitrogens with zero attached hydrogens (tertiary/aromatic N) is 1. The molecule has 0 amide bonds. The molecule has 0 heterocycles. The van der Waals surface area contributed by atoms with Crippen LogP contribution in [-0.4, -0.2) is 27.2 Å². The van der Waals surface area contributed by atoms with E-state index in [1.54, 1.807) is 0 Å². The molecule has 0 unspecified atom stereocenters. The highest BCUT2D eigenvalue weighted by molar-refractivity contribution is 5.45. The third-order valence-corrected chi connectivity index (χ3v) is 3.28. The highest BCUT2D eigenvalue weighted by Crippen LogP contribution is 2.45. The summed E-state index contributed by atoms with van der Waals surface area (Å²) in [6.07, 6.45) is 2.73. The number of nitrogens with one attached hydrogen (secondary N) is 1. The molecule has 0 bridgehead atoms. The lowest BCUT2D eigenvalue weighted by molar-refractivity contribution is 0.482. The molecule has 0 spiro atoms. The Morgan fingerprint density at radius 3 is 2.47 bits per heavy atom. The van der Waals surface area contributed by atoms with Crippen molar-refractivity contribution in [3.05, 3.63) is 30.3 Å². The van der Waals surface area contributed by atoms with Gasteiger partial charge in [-0.2, -0.15) is 0 Å². The maximum Gasteiger partial charge on any atom is 0.0363 e. The van der Waals surface area contributed by atoms with Gasteiger partial charge in [0.05, 0.1) is 0 Å². The van der Waals surface area contributed by atoms with Crippen LogP contribution in [0.3, 0.4) is 0 Å². The standard InChI is InChI=1S/C13H20N2/c1-14-10-13(8-9-13)11-15(2)12-6-4-3-5-7-12/h3-7,14H,8-11H2,1-2H3. The first kappa shape index (κ1) is 10.5. The largest absolute Gasteiger partial charge is 0.374 e. The first-order valence-electron chi connectivity index (χ1n) is 5.67. The van der Waals surface area contributed by atoms with Crippen LogP contribution in [0, 0.1) is 5.41 Å². The maximum atomic E-state index is 3.30. The summed E-state index contributed by atoms with van der Waals surface area (Å²) in [6, 6.07) is 10.6. The van der Waals surface area contributed by atoms with Crippen LogP contribution in [0.25, 0.3) is 0 Å². The molecule has 2 rings (SSSR count). The molecule has 0 aromatic heterocycles. The lowest BCUT2D eigenvalue weighted by Gasteiger charge is -2.25. The summed E-state index contributed by atoms with van der Waals surface area (Å²) in [7, 11) is 4.23. The number of rotatable bonds is 5. The van der Waals surface area contributed by atoms with Crippen molar-refractivity contribution in [3.63, 3.8) is 0 Å². The quantitative estimate of drug-likeness (QED) is 0.790. The van der Waals surface area contributed by atoms with Crippen molar-refractivity contribution >= 4 is 5.69 Å². The van der Waals surface area contributed by atoms with E-state index in [0.717, 1.165) is 13.1 Å². The van der Waals surface area contributed by atoms with Gasteiger partial charge < -0.3 is 10.2 Å². The van der Waals surface area contributed by atoms with Crippen LogP contribution in [-0.2, 0) is 0 Å². The van der Waals surface area contributed by atoms with Gasteiger partial charge in [0.15, 0.2) is 0 Å². The molecule has 1 aliphatic carbocycles. The molecule has 2 heteroatoms. The van der Waals surface area contributed by atoms with Crippen LogP contribution < -0.4 is 10.2 Å². The summed E-state index contributed by atoms with van der Waals surface area (Å²) in [5.74, 6) is 0. The minimum absolute atomic E-state index is 0.541. The second-order valence-electron chi connectivity index (χ2n) is 4.72. The van der Waals surface area contributed by atoms with Crippen LogP contribution in [0.1, 0.15) is 12.8 Å². The van der Waals surface area contributed by atoms with Gasteiger partial charge in [-0.1, -0.05) is 18.2 Å². The van der Waals surface area contributed by atoms with E-state index in [1.807, 2.05) is 7.05 Å². The molecular weight excluding hydrogens is 184 g/mol. The predicted octanol–water partition coefficient (Wildman–Crippen LogP) is 2.12. The van der Waals surface area contributed by atoms with E-state index in [9.17, 15) is 0 Å². The van der Waals surface area contributed by atoms with Gasteiger partial charge in [-0.3, -0.25) is 0 Å². The molecule has 0 aliphatic heterocycles. The number of hydrogen-bond donors (Lipinski definition) is 1. The molecule has 1 saturated carbocycles. The van der Waals surface area contributed by atoms with Crippen molar-refractivity contribution in [2.75, 3.05) is 32.1 Å². The summed E-state index contributed by atoms with van der Waals surface area (Å²) in [5.41, 5.74) is 1.86. The van der Waals surface area contributed by atoms with Gasteiger partial charge in [0.25, 0.3) is 0 Å². The minimum atomic E-state index is 0.541. The second-order valence-corrected chi connectivity index (χ2v) is 4.72. The summed E-state index contributed by atoms with van der Waals surface area (Å²) >= 11 is 0. The SMILES string of the molecule is CNCC1(CN(C)c2ccccc2)CC1. The Morgan fingerprint density at radius 1 is 1.27 bits per heavy atom. The average molecular weight is 204 g/mol. The highest BCUT2D eigenvalue weighted by atomic mass is 15.1. The van der Waals surface area contributed by atoms with Gasteiger partial charge in [0, 0.05) is 31.2 Å². The van der Waals surface area contributed by atoms with E-state index in [-0.39, 0.29) is 0 Å². The molecule has 0 radical (unpaired) electrons. The van der Waals surface area contributed by atoms with Crippen molar-refractivity contribution < 1.29 is 0 Å². The van der Waals surface area contributed by atoms with Gasteiger partial charge in [-0.25, -0.2) is 0 Å². The van der Waals surface area contributed by atoms with Gasteiger partial charge in [0.1, 0.15) is 0 Å². The molecular formula is C13H20N2. The molecule has 0 atom stereocenters. The molecule has 1 aromatic rings. The fourth-order valence-electron chi connectivity index (χ4n) is 2.22. The Bertz CT molecular complexity index is 304. The van der Waals surface area contributed by atoms with E-state index < -0.39 is 0 Å². The average Bonchev–Trinajstić information content (AvgIpc) is 3.00. The zero-order chi connectivity index (χ0) is 10.7. The van der Waals surface area contributed by atoms with Crippen LogP contribution in [0.4, 0.5) is 5.69 Å². The monoisotopic (exact) mass is 204 g/mol. The van der Waals surface area contributed by atoms with Crippen LogP contribution in [0.2, 0.25) is 0 Å². The summed E-state index contributed by atoms with van der Waals surface area (Å²) in [6.45, 7) is 2.31. The zero-order valence-electron chi connectivity index (χ0n) is 9.66. The normalized spacial score (nSPS) is 17.5. The van der Waals surface area contributed by atoms with Crippen LogP contribution in [0.5, 0.6) is 0 Å². The number of hydrogen-bond acceptors (Lipinski definition) is 2. The van der Waals surface area contributed by atoms with Gasteiger partial charge in [-0.15, -0.1) is 0 Å². The van der Waals surface area contributed by atoms with E-state index in [0.29, 0.717) is 5.41 Å². The Balaban J connectivity index is 1.95. The van der Waals surface area contributed by atoms with Crippen molar-refractivity contribution in [2.24, 2.45) is 5.41 Å². The first-order valence-corrected chi connectivity index (χ1v) is 5.67. The molecule has 1 aromatic carbocycles. The smallest absolute Gasteiger partial charge is 0.0363 e. The van der Waals surface area contributed by atoms with E-state index in [1.165, 1.54) is 18.5 Å². The van der Waals surface area contributed by atoms with Crippen molar-refractivity contribution in [1.82, 2.24) is 5.32 Å². The number of benzene rings is 1. The molecule has 1 fully saturated rings. The summed E-state index contributed by atoms with van der Waals surface area (Å²) in [4.78, 5) is 2.37. The predicted molar refractivity (Wildman–Crippen MR) is 65.3 cm³/mol. The number of anilines is 1. The fraction of sp³-hybridized carbons (Fsp3) is 0.538. The molecule has 15 heavy (non-hydrogen) atoms. The van der Waals surface area contributed by atoms with Crippen LogP contribution >= 0.6 is 0 Å². The molecule has 1 aliphatic rings. The van der Waals surface area contributed by atoms with Crippen molar-refractivity contribution in [2.45, 2.75) is 12.8 Å². The Hall–Kier alpha value is -1.02. The van der Waals surface area contributed by atoms with E-state index in [4.69, 9.17) is 0 Å². The summed E-state index contributed by atoms with van der Waals surface area (Å²) in [5, 5.41) is 3.30. The Kier molecular flexibility index (Phi) is 2.96. The lowest BCUT2D eigenvalue weighted by Crippen LogP contribution is -2.32. The Morgan fingerprint density at radius 2 is 1.93 bits per heavy atom. The fourth-order valence-corrected chi connectivity index (χ4v) is 2.22. The highest BCUT2D eigenvalue weighted by Gasteiger charge is 2.42. The van der Waals surface area contributed by atoms with Crippen LogP contribution in [0.15, 0.2) is 30.3 Å². The second kappa shape index (κ2) is 4.23.